The van der Waals surface area contributed by atoms with Gasteiger partial charge in [-0.15, -0.1) is 0 Å². The van der Waals surface area contributed by atoms with Gasteiger partial charge in [-0.25, -0.2) is 0 Å². The molecular formula is C12H13BrClN3O. The number of aromatic nitrogens is 2. The average molecular weight is 331 g/mol. The molecule has 0 aliphatic carbocycles. The van der Waals surface area contributed by atoms with Crippen molar-refractivity contribution in [2.45, 2.75) is 26.4 Å². The van der Waals surface area contributed by atoms with Crippen LogP contribution in [0.15, 0.2) is 27.2 Å². The van der Waals surface area contributed by atoms with Crippen LogP contribution in [0.3, 0.4) is 0 Å². The van der Waals surface area contributed by atoms with Crippen LogP contribution in [0.5, 0.6) is 0 Å². The van der Waals surface area contributed by atoms with Crippen LogP contribution in [0, 0.1) is 0 Å². The first-order chi connectivity index (χ1) is 8.56. The van der Waals surface area contributed by atoms with Gasteiger partial charge in [0.1, 0.15) is 0 Å². The monoisotopic (exact) mass is 329 g/mol. The number of rotatable bonds is 4. The van der Waals surface area contributed by atoms with Crippen LogP contribution < -0.4 is 5.32 Å². The van der Waals surface area contributed by atoms with Gasteiger partial charge in [-0.05, 0) is 34.1 Å². The smallest absolute Gasteiger partial charge is 0.259 e. The molecule has 0 fully saturated rings. The Bertz CT molecular complexity index is 542. The second-order valence-corrected chi connectivity index (χ2v) is 5.47. The maximum atomic E-state index is 5.95. The standard InChI is InChI=1S/C12H13BrClN3O/c1-7(2)15-6-11-16-12(18-17-11)9-5-8(14)3-4-10(9)13/h3-5,7,15H,6H2,1-2H3. The lowest BCUT2D eigenvalue weighted by Gasteiger charge is -2.03. The molecule has 1 aromatic carbocycles. The number of hydrogen-bond donors (Lipinski definition) is 1. The topological polar surface area (TPSA) is 51.0 Å². The molecule has 96 valence electrons. The molecule has 4 nitrogen and oxygen atoms in total. The van der Waals surface area contributed by atoms with Gasteiger partial charge in [0.05, 0.1) is 12.1 Å². The van der Waals surface area contributed by atoms with E-state index in [2.05, 4.69) is 45.2 Å². The lowest BCUT2D eigenvalue weighted by atomic mass is 10.2. The Balaban J connectivity index is 2.21. The van der Waals surface area contributed by atoms with Gasteiger partial charge in [0.2, 0.25) is 0 Å². The highest BCUT2D eigenvalue weighted by Gasteiger charge is 2.12. The molecule has 2 aromatic rings. The molecule has 0 aliphatic heterocycles. The van der Waals surface area contributed by atoms with E-state index >= 15 is 0 Å². The summed E-state index contributed by atoms with van der Waals surface area (Å²) in [6.45, 7) is 4.71. The molecule has 0 radical (unpaired) electrons. The molecule has 0 aliphatic rings. The summed E-state index contributed by atoms with van der Waals surface area (Å²) in [5, 5.41) is 7.79. The first-order valence-corrected chi connectivity index (χ1v) is 6.74. The molecule has 1 N–H and O–H groups in total. The summed E-state index contributed by atoms with van der Waals surface area (Å²) in [7, 11) is 0. The van der Waals surface area contributed by atoms with Crippen LogP contribution in [0.1, 0.15) is 19.7 Å². The van der Waals surface area contributed by atoms with Crippen LogP contribution in [0.4, 0.5) is 0 Å². The summed E-state index contributed by atoms with van der Waals surface area (Å²) in [5.41, 5.74) is 0.797. The summed E-state index contributed by atoms with van der Waals surface area (Å²) >= 11 is 9.39. The molecule has 0 bridgehead atoms. The Labute approximate surface area is 119 Å². The molecule has 6 heteroatoms. The van der Waals surface area contributed by atoms with Crippen molar-refractivity contribution in [1.29, 1.82) is 0 Å². The van der Waals surface area contributed by atoms with Gasteiger partial charge in [0.15, 0.2) is 5.82 Å². The largest absolute Gasteiger partial charge is 0.334 e. The van der Waals surface area contributed by atoms with Crippen molar-refractivity contribution in [3.63, 3.8) is 0 Å². The van der Waals surface area contributed by atoms with E-state index in [9.17, 15) is 0 Å². The third-order valence-corrected chi connectivity index (χ3v) is 3.22. The summed E-state index contributed by atoms with van der Waals surface area (Å²) in [4.78, 5) is 4.33. The fourth-order valence-electron chi connectivity index (χ4n) is 1.39. The van der Waals surface area contributed by atoms with E-state index < -0.39 is 0 Å². The number of benzene rings is 1. The molecule has 0 spiro atoms. The molecular weight excluding hydrogens is 318 g/mol. The average Bonchev–Trinajstić information content (AvgIpc) is 2.78. The fraction of sp³-hybridized carbons (Fsp3) is 0.333. The lowest BCUT2D eigenvalue weighted by Crippen LogP contribution is -2.22. The van der Waals surface area contributed by atoms with Crippen molar-refractivity contribution in [2.24, 2.45) is 0 Å². The zero-order chi connectivity index (χ0) is 13.1. The first kappa shape index (κ1) is 13.5. The summed E-state index contributed by atoms with van der Waals surface area (Å²) in [5.74, 6) is 1.09. The van der Waals surface area contributed by atoms with Crippen LogP contribution >= 0.6 is 27.5 Å². The highest BCUT2D eigenvalue weighted by molar-refractivity contribution is 9.10. The maximum absolute atomic E-state index is 5.95. The minimum absolute atomic E-state index is 0.379. The quantitative estimate of drug-likeness (QED) is 0.929. The first-order valence-electron chi connectivity index (χ1n) is 5.57. The van der Waals surface area contributed by atoms with Crippen molar-refractivity contribution >= 4 is 27.5 Å². The van der Waals surface area contributed by atoms with Crippen LogP contribution in [0.2, 0.25) is 5.02 Å². The fourth-order valence-corrected chi connectivity index (χ4v) is 1.98. The normalized spacial score (nSPS) is 11.2. The van der Waals surface area contributed by atoms with E-state index in [0.717, 1.165) is 10.0 Å². The number of nitrogens with one attached hydrogen (secondary N) is 1. The number of nitrogens with zero attached hydrogens (tertiary/aromatic N) is 2. The van der Waals surface area contributed by atoms with Gasteiger partial charge < -0.3 is 9.84 Å². The SMILES string of the molecule is CC(C)NCc1noc(-c2cc(Cl)ccc2Br)n1. The van der Waals surface area contributed by atoms with Crippen molar-refractivity contribution in [2.75, 3.05) is 0 Å². The van der Waals surface area contributed by atoms with Gasteiger partial charge in [-0.1, -0.05) is 30.6 Å². The molecule has 0 saturated carbocycles. The zero-order valence-corrected chi connectivity index (χ0v) is 12.4. The second kappa shape index (κ2) is 5.82. The molecule has 2 rings (SSSR count). The van der Waals surface area contributed by atoms with E-state index in [-0.39, 0.29) is 0 Å². The molecule has 1 aromatic heterocycles. The molecule has 0 amide bonds. The van der Waals surface area contributed by atoms with Gasteiger partial charge in [-0.2, -0.15) is 4.98 Å². The molecule has 1 heterocycles. The van der Waals surface area contributed by atoms with E-state index in [1.165, 1.54) is 0 Å². The molecule has 18 heavy (non-hydrogen) atoms. The molecule has 0 unspecified atom stereocenters. The van der Waals surface area contributed by atoms with E-state index in [1.807, 2.05) is 6.07 Å². The van der Waals surface area contributed by atoms with Crippen molar-refractivity contribution < 1.29 is 4.52 Å². The third kappa shape index (κ3) is 3.31. The summed E-state index contributed by atoms with van der Waals surface area (Å²) < 4.78 is 6.10. The highest BCUT2D eigenvalue weighted by atomic mass is 79.9. The predicted octanol–water partition coefficient (Wildman–Crippen LogP) is 3.65. The number of halogens is 2. The second-order valence-electron chi connectivity index (χ2n) is 4.18. The molecule has 0 saturated heterocycles. The third-order valence-electron chi connectivity index (χ3n) is 2.30. The minimum atomic E-state index is 0.379. The predicted molar refractivity (Wildman–Crippen MR) is 74.4 cm³/mol. The van der Waals surface area contributed by atoms with Crippen molar-refractivity contribution in [1.82, 2.24) is 15.5 Å². The highest BCUT2D eigenvalue weighted by Crippen LogP contribution is 2.29. The van der Waals surface area contributed by atoms with E-state index in [1.54, 1.807) is 12.1 Å². The minimum Gasteiger partial charge on any atom is -0.334 e. The Kier molecular flexibility index (Phi) is 4.37. The Morgan fingerprint density at radius 2 is 2.22 bits per heavy atom. The Morgan fingerprint density at radius 3 is 2.94 bits per heavy atom. The van der Waals surface area contributed by atoms with Crippen LogP contribution in [0.25, 0.3) is 11.5 Å². The van der Waals surface area contributed by atoms with E-state index in [0.29, 0.717) is 29.3 Å². The zero-order valence-electron chi connectivity index (χ0n) is 10.1. The number of hydrogen-bond acceptors (Lipinski definition) is 4. The maximum Gasteiger partial charge on any atom is 0.259 e. The van der Waals surface area contributed by atoms with Gasteiger partial charge in [0, 0.05) is 15.5 Å². The van der Waals surface area contributed by atoms with Crippen LogP contribution in [-0.2, 0) is 6.54 Å². The van der Waals surface area contributed by atoms with Crippen molar-refractivity contribution in [3.8, 4) is 11.5 Å². The summed E-state index contributed by atoms with van der Waals surface area (Å²) in [6, 6.07) is 5.82. The summed E-state index contributed by atoms with van der Waals surface area (Å²) in [6.07, 6.45) is 0. The van der Waals surface area contributed by atoms with Gasteiger partial charge in [0.25, 0.3) is 5.89 Å². The lowest BCUT2D eigenvalue weighted by molar-refractivity contribution is 0.417. The molecule has 0 atom stereocenters. The van der Waals surface area contributed by atoms with Gasteiger partial charge >= 0.3 is 0 Å². The van der Waals surface area contributed by atoms with Crippen LogP contribution in [-0.4, -0.2) is 16.2 Å². The van der Waals surface area contributed by atoms with Crippen molar-refractivity contribution in [3.05, 3.63) is 33.5 Å². The Morgan fingerprint density at radius 1 is 1.44 bits per heavy atom. The Hall–Kier alpha value is -0.910. The van der Waals surface area contributed by atoms with Gasteiger partial charge in [-0.3, -0.25) is 0 Å². The van der Waals surface area contributed by atoms with E-state index in [4.69, 9.17) is 16.1 Å².